The maximum atomic E-state index is 12.0. The summed E-state index contributed by atoms with van der Waals surface area (Å²) in [5.41, 5.74) is 1.35. The molecule has 0 saturated carbocycles. The third-order valence-corrected chi connectivity index (χ3v) is 3.32. The van der Waals surface area contributed by atoms with E-state index >= 15 is 0 Å². The van der Waals surface area contributed by atoms with Crippen LogP contribution in [0.1, 0.15) is 18.4 Å². The fourth-order valence-electron chi connectivity index (χ4n) is 2.21. The summed E-state index contributed by atoms with van der Waals surface area (Å²) < 4.78 is 15.1. The Kier molecular flexibility index (Phi) is 5.11. The Morgan fingerprint density at radius 2 is 1.95 bits per heavy atom. The number of esters is 1. The van der Waals surface area contributed by atoms with Crippen molar-refractivity contribution < 1.29 is 23.8 Å². The van der Waals surface area contributed by atoms with Crippen molar-refractivity contribution in [2.75, 3.05) is 14.2 Å². The summed E-state index contributed by atoms with van der Waals surface area (Å²) in [6.07, 6.45) is 0.182. The molecule has 21 heavy (non-hydrogen) atoms. The summed E-state index contributed by atoms with van der Waals surface area (Å²) in [5, 5.41) is 0. The number of aryl methyl sites for hydroxylation is 1. The van der Waals surface area contributed by atoms with Crippen LogP contribution in [-0.2, 0) is 30.2 Å². The number of hydrogen-bond acceptors (Lipinski definition) is 5. The van der Waals surface area contributed by atoms with Crippen LogP contribution < -0.4 is 0 Å². The smallest absolute Gasteiger partial charge is 0.340 e. The second kappa shape index (κ2) is 7.04. The molecule has 1 aliphatic heterocycles. The normalized spacial score (nSPS) is 17.8. The van der Waals surface area contributed by atoms with E-state index in [1.54, 1.807) is 0 Å². The van der Waals surface area contributed by atoms with E-state index in [1.807, 2.05) is 30.3 Å². The van der Waals surface area contributed by atoms with Gasteiger partial charge in [-0.1, -0.05) is 30.3 Å². The zero-order valence-electron chi connectivity index (χ0n) is 12.1. The van der Waals surface area contributed by atoms with Gasteiger partial charge in [-0.05, 0) is 12.0 Å². The van der Waals surface area contributed by atoms with E-state index in [0.717, 1.165) is 5.56 Å². The number of methoxy groups -OCH3 is 2. The summed E-state index contributed by atoms with van der Waals surface area (Å²) >= 11 is 0. The lowest BCUT2D eigenvalue weighted by Crippen LogP contribution is -2.14. The van der Waals surface area contributed by atoms with E-state index in [2.05, 4.69) is 0 Å². The minimum atomic E-state index is -0.848. The third-order valence-electron chi connectivity index (χ3n) is 3.32. The molecule has 0 radical (unpaired) electrons. The maximum absolute atomic E-state index is 12.0. The van der Waals surface area contributed by atoms with Crippen molar-refractivity contribution in [3.05, 3.63) is 47.2 Å². The average Bonchev–Trinajstić information content (AvgIpc) is 2.81. The lowest BCUT2D eigenvalue weighted by Gasteiger charge is -2.09. The number of carbonyl (C=O) groups is 2. The minimum absolute atomic E-state index is 0.00863. The molecular formula is C16H18O5. The van der Waals surface area contributed by atoms with Crippen molar-refractivity contribution in [1.82, 2.24) is 0 Å². The molecule has 5 nitrogen and oxygen atoms in total. The molecule has 0 bridgehead atoms. The highest BCUT2D eigenvalue weighted by atomic mass is 16.7. The van der Waals surface area contributed by atoms with Gasteiger partial charge in [0, 0.05) is 20.0 Å². The Hall–Kier alpha value is -2.14. The van der Waals surface area contributed by atoms with E-state index in [1.165, 1.54) is 14.2 Å². The highest BCUT2D eigenvalue weighted by Gasteiger charge is 2.36. The molecule has 1 unspecified atom stereocenters. The van der Waals surface area contributed by atoms with Gasteiger partial charge in [0.05, 0.1) is 12.7 Å². The summed E-state index contributed by atoms with van der Waals surface area (Å²) in [7, 11) is 2.84. The largest absolute Gasteiger partial charge is 0.494 e. The molecule has 0 spiro atoms. The Morgan fingerprint density at radius 1 is 1.24 bits per heavy atom. The van der Waals surface area contributed by atoms with Crippen LogP contribution in [0.2, 0.25) is 0 Å². The van der Waals surface area contributed by atoms with Crippen molar-refractivity contribution in [2.24, 2.45) is 0 Å². The predicted molar refractivity (Wildman–Crippen MR) is 75.3 cm³/mol. The summed E-state index contributed by atoms with van der Waals surface area (Å²) in [4.78, 5) is 23.8. The highest BCUT2D eigenvalue weighted by molar-refractivity contribution is 5.98. The number of benzene rings is 1. The molecule has 1 atom stereocenters. The van der Waals surface area contributed by atoms with Gasteiger partial charge in [-0.15, -0.1) is 0 Å². The van der Waals surface area contributed by atoms with Crippen molar-refractivity contribution in [2.45, 2.75) is 25.6 Å². The zero-order chi connectivity index (χ0) is 15.2. The van der Waals surface area contributed by atoms with Crippen LogP contribution in [0.5, 0.6) is 0 Å². The molecule has 0 saturated heterocycles. The summed E-state index contributed by atoms with van der Waals surface area (Å²) in [6.45, 7) is 0. The number of hydrogen-bond donors (Lipinski definition) is 0. The number of rotatable bonds is 7. The van der Waals surface area contributed by atoms with Gasteiger partial charge in [0.2, 0.25) is 0 Å². The van der Waals surface area contributed by atoms with Crippen molar-refractivity contribution in [3.8, 4) is 0 Å². The van der Waals surface area contributed by atoms with Gasteiger partial charge in [0.1, 0.15) is 5.78 Å². The number of ketones is 1. The minimum Gasteiger partial charge on any atom is -0.494 e. The van der Waals surface area contributed by atoms with Gasteiger partial charge in [-0.25, -0.2) is 4.79 Å². The Bertz CT molecular complexity index is 547. The molecule has 0 aliphatic carbocycles. The predicted octanol–water partition coefficient (Wildman–Crippen LogP) is 2.01. The molecule has 0 fully saturated rings. The molecule has 112 valence electrons. The quantitative estimate of drug-likeness (QED) is 0.719. The highest BCUT2D eigenvalue weighted by Crippen LogP contribution is 2.26. The Labute approximate surface area is 123 Å². The van der Waals surface area contributed by atoms with Crippen LogP contribution in [0.3, 0.4) is 0 Å². The zero-order valence-corrected chi connectivity index (χ0v) is 12.1. The molecule has 0 N–H and O–H groups in total. The Morgan fingerprint density at radius 3 is 2.57 bits per heavy atom. The summed E-state index contributed by atoms with van der Waals surface area (Å²) in [5.74, 6) is -0.292. The first-order valence-corrected chi connectivity index (χ1v) is 6.72. The summed E-state index contributed by atoms with van der Waals surface area (Å²) in [6, 6.07) is 9.74. The lowest BCUT2D eigenvalue weighted by molar-refractivity contribution is -0.159. The number of carbonyl (C=O) groups excluding carboxylic acids is 2. The molecule has 0 amide bonds. The van der Waals surface area contributed by atoms with Gasteiger partial charge in [-0.2, -0.15) is 0 Å². The van der Waals surface area contributed by atoms with Crippen LogP contribution in [0.15, 0.2) is 41.7 Å². The van der Waals surface area contributed by atoms with E-state index in [-0.39, 0.29) is 23.5 Å². The van der Waals surface area contributed by atoms with E-state index < -0.39 is 12.3 Å². The fraction of sp³-hybridized carbons (Fsp3) is 0.375. The van der Waals surface area contributed by atoms with Crippen molar-refractivity contribution in [1.29, 1.82) is 0 Å². The number of Topliss-reactive ketones (excluding diaryl/α,β-unsaturated/α-hetero) is 1. The first-order valence-electron chi connectivity index (χ1n) is 6.72. The molecule has 1 aromatic rings. The number of cyclic esters (lactones) is 1. The van der Waals surface area contributed by atoms with Crippen LogP contribution >= 0.6 is 0 Å². The molecule has 2 rings (SSSR count). The van der Waals surface area contributed by atoms with Gasteiger partial charge in [0.25, 0.3) is 6.29 Å². The molecule has 1 heterocycles. The molecule has 0 aromatic heterocycles. The monoisotopic (exact) mass is 290 g/mol. The van der Waals surface area contributed by atoms with Crippen molar-refractivity contribution >= 4 is 11.8 Å². The second-order valence-electron chi connectivity index (χ2n) is 4.72. The molecular weight excluding hydrogens is 272 g/mol. The van der Waals surface area contributed by atoms with Crippen LogP contribution in [0.4, 0.5) is 0 Å². The van der Waals surface area contributed by atoms with Gasteiger partial charge in [0.15, 0.2) is 5.76 Å². The topological polar surface area (TPSA) is 61.8 Å². The standard InChI is InChI=1S/C16H18O5/c1-19-14-13(15(18)21-16(14)20-2)10-12(17)9-8-11-6-4-3-5-7-11/h3-7,16H,8-10H2,1-2H3. The van der Waals surface area contributed by atoms with Gasteiger partial charge >= 0.3 is 5.97 Å². The second-order valence-corrected chi connectivity index (χ2v) is 4.72. The van der Waals surface area contributed by atoms with Crippen LogP contribution in [0.25, 0.3) is 0 Å². The Balaban J connectivity index is 1.97. The van der Waals surface area contributed by atoms with Crippen LogP contribution in [-0.4, -0.2) is 32.3 Å². The first kappa shape index (κ1) is 15.3. The third kappa shape index (κ3) is 3.70. The molecule has 1 aromatic carbocycles. The fourth-order valence-corrected chi connectivity index (χ4v) is 2.21. The molecule has 1 aliphatic rings. The SMILES string of the molecule is COC1=C(CC(=O)CCc2ccccc2)C(=O)OC1OC. The van der Waals surface area contributed by atoms with Crippen LogP contribution in [0, 0.1) is 0 Å². The van der Waals surface area contributed by atoms with Gasteiger partial charge in [-0.3, -0.25) is 4.79 Å². The van der Waals surface area contributed by atoms with E-state index in [0.29, 0.717) is 12.8 Å². The van der Waals surface area contributed by atoms with Gasteiger partial charge < -0.3 is 14.2 Å². The van der Waals surface area contributed by atoms with E-state index in [4.69, 9.17) is 14.2 Å². The lowest BCUT2D eigenvalue weighted by atomic mass is 10.0. The molecule has 5 heteroatoms. The maximum Gasteiger partial charge on any atom is 0.340 e. The number of ether oxygens (including phenoxy) is 3. The first-order chi connectivity index (χ1) is 10.2. The average molecular weight is 290 g/mol. The van der Waals surface area contributed by atoms with Crippen molar-refractivity contribution in [3.63, 3.8) is 0 Å². The van der Waals surface area contributed by atoms with E-state index in [9.17, 15) is 9.59 Å².